The molecule has 0 aromatic carbocycles. The predicted octanol–water partition coefficient (Wildman–Crippen LogP) is 2.04. The third-order valence-corrected chi connectivity index (χ3v) is 4.71. The molecule has 3 nitrogen and oxygen atoms in total. The summed E-state index contributed by atoms with van der Waals surface area (Å²) < 4.78 is 0. The Morgan fingerprint density at radius 1 is 1.05 bits per heavy atom. The highest BCUT2D eigenvalue weighted by Gasteiger charge is 2.31. The molecule has 2 heterocycles. The smallest absolute Gasteiger partial charge is 0.0110 e. The van der Waals surface area contributed by atoms with Crippen molar-refractivity contribution in [3.63, 3.8) is 0 Å². The zero-order valence-corrected chi connectivity index (χ0v) is 13.5. The van der Waals surface area contributed by atoms with Crippen LogP contribution in [0.3, 0.4) is 0 Å². The lowest BCUT2D eigenvalue weighted by Crippen LogP contribution is -2.50. The van der Waals surface area contributed by atoms with Crippen LogP contribution in [0.25, 0.3) is 0 Å². The van der Waals surface area contributed by atoms with Crippen molar-refractivity contribution in [2.24, 2.45) is 10.8 Å². The minimum Gasteiger partial charge on any atom is -0.316 e. The van der Waals surface area contributed by atoms with Gasteiger partial charge >= 0.3 is 0 Å². The van der Waals surface area contributed by atoms with Gasteiger partial charge in [0, 0.05) is 39.3 Å². The molecule has 0 bridgehead atoms. The van der Waals surface area contributed by atoms with E-state index in [9.17, 15) is 0 Å². The first-order chi connectivity index (χ1) is 8.86. The molecule has 1 unspecified atom stereocenters. The predicted molar refractivity (Wildman–Crippen MR) is 82.5 cm³/mol. The number of piperazine rings is 1. The summed E-state index contributed by atoms with van der Waals surface area (Å²) in [6.45, 7) is 19.5. The highest BCUT2D eigenvalue weighted by Crippen LogP contribution is 2.26. The van der Waals surface area contributed by atoms with E-state index in [1.54, 1.807) is 0 Å². The molecular weight excluding hydrogens is 234 g/mol. The standard InChI is InChI=1S/C16H33N3/c1-15(2,3)6-8-18-9-11-19(12-10-18)14-16(4)5-7-17-13-16/h17H,5-14H2,1-4H3. The molecule has 2 fully saturated rings. The van der Waals surface area contributed by atoms with Crippen LogP contribution in [0, 0.1) is 10.8 Å². The number of hydrogen-bond acceptors (Lipinski definition) is 3. The Balaban J connectivity index is 1.67. The van der Waals surface area contributed by atoms with Gasteiger partial charge in [0.2, 0.25) is 0 Å². The summed E-state index contributed by atoms with van der Waals surface area (Å²) >= 11 is 0. The summed E-state index contributed by atoms with van der Waals surface area (Å²) in [5.74, 6) is 0. The molecular formula is C16H33N3. The minimum absolute atomic E-state index is 0.472. The van der Waals surface area contributed by atoms with Gasteiger partial charge < -0.3 is 15.1 Å². The first kappa shape index (κ1) is 15.3. The van der Waals surface area contributed by atoms with E-state index in [2.05, 4.69) is 42.8 Å². The minimum atomic E-state index is 0.472. The largest absolute Gasteiger partial charge is 0.316 e. The van der Waals surface area contributed by atoms with Gasteiger partial charge in [-0.3, -0.25) is 0 Å². The van der Waals surface area contributed by atoms with E-state index in [1.807, 2.05) is 0 Å². The van der Waals surface area contributed by atoms with Gasteiger partial charge in [-0.2, -0.15) is 0 Å². The van der Waals surface area contributed by atoms with Gasteiger partial charge in [0.1, 0.15) is 0 Å². The maximum Gasteiger partial charge on any atom is 0.0110 e. The third-order valence-electron chi connectivity index (χ3n) is 4.71. The van der Waals surface area contributed by atoms with Crippen molar-refractivity contribution < 1.29 is 0 Å². The van der Waals surface area contributed by atoms with Crippen LogP contribution in [0.1, 0.15) is 40.5 Å². The fourth-order valence-electron chi connectivity index (χ4n) is 3.21. The van der Waals surface area contributed by atoms with E-state index < -0.39 is 0 Å². The van der Waals surface area contributed by atoms with Crippen LogP contribution in [-0.2, 0) is 0 Å². The van der Waals surface area contributed by atoms with E-state index in [0.717, 1.165) is 0 Å². The van der Waals surface area contributed by atoms with E-state index in [4.69, 9.17) is 0 Å². The van der Waals surface area contributed by atoms with Crippen LogP contribution in [0.15, 0.2) is 0 Å². The Hall–Kier alpha value is -0.120. The van der Waals surface area contributed by atoms with Crippen LogP contribution in [0.5, 0.6) is 0 Å². The molecule has 0 spiro atoms. The highest BCUT2D eigenvalue weighted by atomic mass is 15.3. The Morgan fingerprint density at radius 2 is 1.68 bits per heavy atom. The molecule has 0 aliphatic carbocycles. The first-order valence-corrected chi connectivity index (χ1v) is 8.02. The molecule has 1 atom stereocenters. The Morgan fingerprint density at radius 3 is 2.21 bits per heavy atom. The van der Waals surface area contributed by atoms with Crippen molar-refractivity contribution in [2.45, 2.75) is 40.5 Å². The van der Waals surface area contributed by atoms with E-state index in [1.165, 1.54) is 65.2 Å². The van der Waals surface area contributed by atoms with Crippen molar-refractivity contribution in [3.05, 3.63) is 0 Å². The Labute approximate surface area is 119 Å². The number of rotatable bonds is 4. The second-order valence-electron chi connectivity index (χ2n) is 8.17. The summed E-state index contributed by atoms with van der Waals surface area (Å²) in [7, 11) is 0. The maximum atomic E-state index is 3.51. The van der Waals surface area contributed by atoms with Gasteiger partial charge in [-0.15, -0.1) is 0 Å². The molecule has 0 amide bonds. The summed E-state index contributed by atoms with van der Waals surface area (Å²) in [6, 6.07) is 0. The van der Waals surface area contributed by atoms with Crippen LogP contribution >= 0.6 is 0 Å². The molecule has 3 heteroatoms. The van der Waals surface area contributed by atoms with Crippen molar-refractivity contribution in [2.75, 3.05) is 52.4 Å². The summed E-state index contributed by atoms with van der Waals surface area (Å²) in [4.78, 5) is 5.33. The number of hydrogen-bond donors (Lipinski definition) is 1. The highest BCUT2D eigenvalue weighted by molar-refractivity contribution is 4.88. The average Bonchev–Trinajstić information content (AvgIpc) is 2.74. The Kier molecular flexibility index (Phi) is 4.91. The summed E-state index contributed by atoms with van der Waals surface area (Å²) in [5, 5.41) is 3.51. The molecule has 0 aromatic heterocycles. The molecule has 2 rings (SSSR count). The van der Waals surface area contributed by atoms with Crippen LogP contribution in [0.2, 0.25) is 0 Å². The van der Waals surface area contributed by atoms with E-state index in [0.29, 0.717) is 10.8 Å². The van der Waals surface area contributed by atoms with Crippen molar-refractivity contribution in [3.8, 4) is 0 Å². The molecule has 0 saturated carbocycles. The van der Waals surface area contributed by atoms with E-state index in [-0.39, 0.29) is 0 Å². The lowest BCUT2D eigenvalue weighted by molar-refractivity contribution is 0.0905. The quantitative estimate of drug-likeness (QED) is 0.841. The molecule has 1 N–H and O–H groups in total. The maximum absolute atomic E-state index is 3.51. The number of nitrogens with one attached hydrogen (secondary N) is 1. The average molecular weight is 267 g/mol. The second kappa shape index (κ2) is 6.11. The van der Waals surface area contributed by atoms with Crippen molar-refractivity contribution >= 4 is 0 Å². The van der Waals surface area contributed by atoms with Gasteiger partial charge in [0.15, 0.2) is 0 Å². The zero-order chi connectivity index (χ0) is 13.9. The second-order valence-corrected chi connectivity index (χ2v) is 8.17. The monoisotopic (exact) mass is 267 g/mol. The summed E-state index contributed by atoms with van der Waals surface area (Å²) in [5.41, 5.74) is 0.994. The molecule has 2 aliphatic heterocycles. The molecule has 19 heavy (non-hydrogen) atoms. The molecule has 2 aliphatic rings. The molecule has 2 saturated heterocycles. The molecule has 112 valence electrons. The lowest BCUT2D eigenvalue weighted by atomic mass is 9.89. The van der Waals surface area contributed by atoms with Gasteiger partial charge in [0.25, 0.3) is 0 Å². The van der Waals surface area contributed by atoms with Gasteiger partial charge in [0.05, 0.1) is 0 Å². The van der Waals surface area contributed by atoms with Crippen LogP contribution in [-0.4, -0.2) is 62.2 Å². The topological polar surface area (TPSA) is 18.5 Å². The normalized spacial score (nSPS) is 30.9. The van der Waals surface area contributed by atoms with Crippen LogP contribution < -0.4 is 5.32 Å². The fraction of sp³-hybridized carbons (Fsp3) is 1.00. The fourth-order valence-corrected chi connectivity index (χ4v) is 3.21. The van der Waals surface area contributed by atoms with Gasteiger partial charge in [-0.25, -0.2) is 0 Å². The van der Waals surface area contributed by atoms with Crippen molar-refractivity contribution in [1.29, 1.82) is 0 Å². The third kappa shape index (κ3) is 5.05. The first-order valence-electron chi connectivity index (χ1n) is 8.02. The van der Waals surface area contributed by atoms with Gasteiger partial charge in [-0.05, 0) is 36.8 Å². The van der Waals surface area contributed by atoms with Gasteiger partial charge in [-0.1, -0.05) is 27.7 Å². The van der Waals surface area contributed by atoms with E-state index >= 15 is 0 Å². The molecule has 0 aromatic rings. The SMILES string of the molecule is CC(C)(C)CCN1CCN(CC2(C)CCNC2)CC1. The number of nitrogens with zero attached hydrogens (tertiary/aromatic N) is 2. The molecule has 0 radical (unpaired) electrons. The zero-order valence-electron chi connectivity index (χ0n) is 13.5. The Bertz CT molecular complexity index is 268. The lowest BCUT2D eigenvalue weighted by Gasteiger charge is -2.39. The van der Waals surface area contributed by atoms with Crippen LogP contribution in [0.4, 0.5) is 0 Å². The van der Waals surface area contributed by atoms with Crippen molar-refractivity contribution in [1.82, 2.24) is 15.1 Å². The summed E-state index contributed by atoms with van der Waals surface area (Å²) in [6.07, 6.45) is 2.66.